The largest absolute Gasteiger partial charge is 0.356 e. The Morgan fingerprint density at radius 3 is 2.21 bits per heavy atom. The number of rotatable bonds is 9. The van der Waals surface area contributed by atoms with Crippen LogP contribution in [0.1, 0.15) is 38.2 Å². The maximum absolute atomic E-state index is 11.4. The van der Waals surface area contributed by atoms with Crippen molar-refractivity contribution in [1.82, 2.24) is 10.6 Å². The summed E-state index contributed by atoms with van der Waals surface area (Å²) in [5, 5.41) is 6.58. The predicted octanol–water partition coefficient (Wildman–Crippen LogP) is 3.00. The van der Waals surface area contributed by atoms with Crippen LogP contribution in [-0.2, 0) is 16.3 Å². The highest BCUT2D eigenvalue weighted by atomic mass is 127. The first-order valence-corrected chi connectivity index (χ1v) is 10.1. The van der Waals surface area contributed by atoms with E-state index >= 15 is 0 Å². The molecule has 0 fully saturated rings. The van der Waals surface area contributed by atoms with Crippen molar-refractivity contribution >= 4 is 39.8 Å². The van der Waals surface area contributed by atoms with Gasteiger partial charge < -0.3 is 10.6 Å². The van der Waals surface area contributed by atoms with Crippen molar-refractivity contribution in [2.45, 2.75) is 43.9 Å². The Balaban J connectivity index is 0.00000529. The summed E-state index contributed by atoms with van der Waals surface area (Å²) in [5.41, 5.74) is 1.10. The molecule has 0 radical (unpaired) electrons. The van der Waals surface area contributed by atoms with Gasteiger partial charge in [0.15, 0.2) is 15.8 Å². The van der Waals surface area contributed by atoms with E-state index in [4.69, 9.17) is 0 Å². The first-order valence-electron chi connectivity index (χ1n) is 8.21. The van der Waals surface area contributed by atoms with Crippen LogP contribution in [0.15, 0.2) is 34.2 Å². The molecular weight excluding hydrogens is 437 g/mol. The number of hydrogen-bond acceptors (Lipinski definition) is 3. The summed E-state index contributed by atoms with van der Waals surface area (Å²) < 4.78 is 22.8. The minimum absolute atomic E-state index is 0. The molecule has 2 N–H and O–H groups in total. The summed E-state index contributed by atoms with van der Waals surface area (Å²) in [6.45, 7) is 3.89. The molecule has 0 atom stereocenters. The van der Waals surface area contributed by atoms with Crippen LogP contribution in [-0.4, -0.2) is 40.8 Å². The lowest BCUT2D eigenvalue weighted by Gasteiger charge is -2.12. The standard InChI is InChI=1S/C17H29N3O2S.HI/c1-4-5-6-7-13-19-17(18-2)20-14-12-15-8-10-16(11-9-15)23(3,21)22;/h8-11H,4-7,12-14H2,1-3H3,(H2,18,19,20);1H. The van der Waals surface area contributed by atoms with Crippen molar-refractivity contribution in [1.29, 1.82) is 0 Å². The number of aliphatic imine (C=N–C) groups is 1. The van der Waals surface area contributed by atoms with Crippen molar-refractivity contribution in [2.24, 2.45) is 4.99 Å². The highest BCUT2D eigenvalue weighted by Crippen LogP contribution is 2.10. The SMILES string of the molecule is CCCCCCNC(=NC)NCCc1ccc(S(C)(=O)=O)cc1.I. The van der Waals surface area contributed by atoms with Crippen LogP contribution in [0.3, 0.4) is 0 Å². The maximum Gasteiger partial charge on any atom is 0.190 e. The van der Waals surface area contributed by atoms with E-state index in [0.717, 1.165) is 37.5 Å². The van der Waals surface area contributed by atoms with Gasteiger partial charge in [0.2, 0.25) is 0 Å². The zero-order valence-electron chi connectivity index (χ0n) is 14.8. The fourth-order valence-corrected chi connectivity index (χ4v) is 2.84. The third kappa shape index (κ3) is 9.46. The van der Waals surface area contributed by atoms with E-state index in [1.807, 2.05) is 12.1 Å². The maximum atomic E-state index is 11.4. The van der Waals surface area contributed by atoms with Gasteiger partial charge in [0.05, 0.1) is 4.90 Å². The summed E-state index contributed by atoms with van der Waals surface area (Å²) >= 11 is 0. The quantitative estimate of drug-likeness (QED) is 0.254. The molecular formula is C17H30IN3O2S. The third-order valence-corrected chi connectivity index (χ3v) is 4.73. The molecule has 0 saturated carbocycles. The van der Waals surface area contributed by atoms with Crippen LogP contribution in [0.2, 0.25) is 0 Å². The van der Waals surface area contributed by atoms with Crippen LogP contribution in [0.4, 0.5) is 0 Å². The molecule has 0 aliphatic rings. The summed E-state index contributed by atoms with van der Waals surface area (Å²) in [6, 6.07) is 7.04. The fourth-order valence-electron chi connectivity index (χ4n) is 2.21. The van der Waals surface area contributed by atoms with Gasteiger partial charge >= 0.3 is 0 Å². The summed E-state index contributed by atoms with van der Waals surface area (Å²) in [4.78, 5) is 4.56. The van der Waals surface area contributed by atoms with Crippen LogP contribution in [0, 0.1) is 0 Å². The molecule has 0 aliphatic heterocycles. The molecule has 1 rings (SSSR count). The average molecular weight is 467 g/mol. The van der Waals surface area contributed by atoms with Gasteiger partial charge in [0.25, 0.3) is 0 Å². The molecule has 138 valence electrons. The first-order chi connectivity index (χ1) is 11.0. The number of nitrogens with one attached hydrogen (secondary N) is 2. The van der Waals surface area contributed by atoms with Crippen molar-refractivity contribution in [2.75, 3.05) is 26.4 Å². The van der Waals surface area contributed by atoms with Crippen LogP contribution >= 0.6 is 24.0 Å². The summed E-state index contributed by atoms with van der Waals surface area (Å²) in [7, 11) is -1.35. The van der Waals surface area contributed by atoms with E-state index in [1.54, 1.807) is 19.2 Å². The smallest absolute Gasteiger partial charge is 0.190 e. The van der Waals surface area contributed by atoms with Gasteiger partial charge in [-0.05, 0) is 30.5 Å². The first kappa shape index (κ1) is 23.2. The lowest BCUT2D eigenvalue weighted by Crippen LogP contribution is -2.38. The molecule has 0 heterocycles. The van der Waals surface area contributed by atoms with Gasteiger partial charge in [0, 0.05) is 26.4 Å². The summed E-state index contributed by atoms with van der Waals surface area (Å²) in [6.07, 6.45) is 6.96. The second-order valence-electron chi connectivity index (χ2n) is 5.65. The zero-order valence-corrected chi connectivity index (χ0v) is 18.0. The van der Waals surface area contributed by atoms with E-state index in [2.05, 4.69) is 22.5 Å². The molecule has 24 heavy (non-hydrogen) atoms. The molecule has 0 aliphatic carbocycles. The number of nitrogens with zero attached hydrogens (tertiary/aromatic N) is 1. The number of guanidine groups is 1. The van der Waals surface area contributed by atoms with Gasteiger partial charge in [0.1, 0.15) is 0 Å². The molecule has 0 bridgehead atoms. The van der Waals surface area contributed by atoms with Crippen molar-refractivity contribution in [3.63, 3.8) is 0 Å². The third-order valence-electron chi connectivity index (χ3n) is 3.60. The van der Waals surface area contributed by atoms with E-state index in [1.165, 1.54) is 25.5 Å². The van der Waals surface area contributed by atoms with Crippen LogP contribution in [0.5, 0.6) is 0 Å². The van der Waals surface area contributed by atoms with E-state index in [-0.39, 0.29) is 24.0 Å². The monoisotopic (exact) mass is 467 g/mol. The Labute approximate surface area is 163 Å². The van der Waals surface area contributed by atoms with Crippen molar-refractivity contribution in [3.8, 4) is 0 Å². The fraction of sp³-hybridized carbons (Fsp3) is 0.588. The molecule has 1 aromatic rings. The van der Waals surface area contributed by atoms with Crippen molar-refractivity contribution in [3.05, 3.63) is 29.8 Å². The highest BCUT2D eigenvalue weighted by molar-refractivity contribution is 14.0. The van der Waals surface area contributed by atoms with Gasteiger partial charge in [-0.1, -0.05) is 38.3 Å². The van der Waals surface area contributed by atoms with Crippen LogP contribution < -0.4 is 10.6 Å². The molecule has 0 unspecified atom stereocenters. The number of hydrogen-bond donors (Lipinski definition) is 2. The minimum atomic E-state index is -3.12. The Morgan fingerprint density at radius 2 is 1.67 bits per heavy atom. The Bertz CT molecular complexity index is 586. The topological polar surface area (TPSA) is 70.6 Å². The molecule has 0 spiro atoms. The normalized spacial score (nSPS) is 11.7. The van der Waals surface area contributed by atoms with Crippen molar-refractivity contribution < 1.29 is 8.42 Å². The van der Waals surface area contributed by atoms with Gasteiger partial charge in [-0.15, -0.1) is 24.0 Å². The summed E-state index contributed by atoms with van der Waals surface area (Å²) in [5.74, 6) is 0.814. The Kier molecular flexibility index (Phi) is 12.1. The molecule has 7 heteroatoms. The lowest BCUT2D eigenvalue weighted by molar-refractivity contribution is 0.602. The number of unbranched alkanes of at least 4 members (excludes halogenated alkanes) is 3. The lowest BCUT2D eigenvalue weighted by atomic mass is 10.1. The molecule has 0 aromatic heterocycles. The zero-order chi connectivity index (χ0) is 17.1. The van der Waals surface area contributed by atoms with Crippen LogP contribution in [0.25, 0.3) is 0 Å². The molecule has 5 nitrogen and oxygen atoms in total. The highest BCUT2D eigenvalue weighted by Gasteiger charge is 2.06. The number of benzene rings is 1. The number of sulfone groups is 1. The Hall–Kier alpha value is -0.830. The van der Waals surface area contributed by atoms with Gasteiger partial charge in [-0.2, -0.15) is 0 Å². The van der Waals surface area contributed by atoms with Gasteiger partial charge in [-0.3, -0.25) is 4.99 Å². The van der Waals surface area contributed by atoms with E-state index in [9.17, 15) is 8.42 Å². The molecule has 0 saturated heterocycles. The van der Waals surface area contributed by atoms with Gasteiger partial charge in [-0.25, -0.2) is 8.42 Å². The second-order valence-corrected chi connectivity index (χ2v) is 7.67. The second kappa shape index (κ2) is 12.5. The number of halogens is 1. The van der Waals surface area contributed by atoms with E-state index < -0.39 is 9.84 Å². The Morgan fingerprint density at radius 1 is 1.04 bits per heavy atom. The minimum Gasteiger partial charge on any atom is -0.356 e. The van der Waals surface area contributed by atoms with E-state index in [0.29, 0.717) is 4.90 Å². The molecule has 0 amide bonds. The molecule has 1 aromatic carbocycles. The average Bonchev–Trinajstić information content (AvgIpc) is 2.52. The predicted molar refractivity (Wildman–Crippen MR) is 112 cm³/mol.